The molecule has 1 aromatic carbocycles. The smallest absolute Gasteiger partial charge is 0.226 e. The molecule has 1 aliphatic rings. The highest BCUT2D eigenvalue weighted by molar-refractivity contribution is 7.91. The zero-order valence-corrected chi connectivity index (χ0v) is 14.7. The van der Waals surface area contributed by atoms with Gasteiger partial charge in [0.05, 0.1) is 5.75 Å². The fraction of sp³-hybridized carbons (Fsp3) is 0.562. The quantitative estimate of drug-likeness (QED) is 0.798. The average Bonchev–Trinajstić information content (AvgIpc) is 3.26. The van der Waals surface area contributed by atoms with E-state index in [2.05, 4.69) is 0 Å². The highest BCUT2D eigenvalue weighted by Gasteiger charge is 2.46. The van der Waals surface area contributed by atoms with Crippen molar-refractivity contribution < 1.29 is 13.2 Å². The Morgan fingerprint density at radius 2 is 2.05 bits per heavy atom. The maximum atomic E-state index is 12.5. The molecular weight excluding hydrogens is 322 g/mol. The lowest BCUT2D eigenvalue weighted by Crippen LogP contribution is -2.40. The summed E-state index contributed by atoms with van der Waals surface area (Å²) in [7, 11) is -1.41. The second kappa shape index (κ2) is 6.59. The molecule has 0 N–H and O–H groups in total. The summed E-state index contributed by atoms with van der Waals surface area (Å²) in [4.78, 5) is 14.1. The lowest BCUT2D eigenvalue weighted by atomic mass is 10.1. The molecule has 1 amide bonds. The third-order valence-corrected chi connectivity index (χ3v) is 6.57. The molecule has 0 heterocycles. The molecule has 1 saturated carbocycles. The highest BCUT2D eigenvalue weighted by atomic mass is 35.5. The summed E-state index contributed by atoms with van der Waals surface area (Å²) >= 11 is 6.17. The first kappa shape index (κ1) is 17.3. The number of amides is 1. The van der Waals surface area contributed by atoms with Crippen molar-refractivity contribution in [2.45, 2.75) is 32.2 Å². The normalized spacial score (nSPS) is 22.2. The summed E-state index contributed by atoms with van der Waals surface area (Å²) in [5.41, 5.74) is 1.00. The summed E-state index contributed by atoms with van der Waals surface area (Å²) in [6.07, 6.45) is 0.778. The third-order valence-electron chi connectivity index (χ3n) is 4.36. The first-order chi connectivity index (χ1) is 10.3. The fourth-order valence-corrected chi connectivity index (χ4v) is 4.13. The van der Waals surface area contributed by atoms with E-state index in [4.69, 9.17) is 11.6 Å². The Labute approximate surface area is 137 Å². The van der Waals surface area contributed by atoms with E-state index in [1.165, 1.54) is 0 Å². The fourth-order valence-electron chi connectivity index (χ4n) is 2.66. The number of hydrogen-bond donors (Lipinski definition) is 0. The maximum Gasteiger partial charge on any atom is 0.226 e. The predicted molar refractivity (Wildman–Crippen MR) is 88.9 cm³/mol. The topological polar surface area (TPSA) is 54.5 Å². The van der Waals surface area contributed by atoms with Crippen molar-refractivity contribution in [3.63, 3.8) is 0 Å². The van der Waals surface area contributed by atoms with E-state index in [1.807, 2.05) is 24.3 Å². The van der Waals surface area contributed by atoms with Gasteiger partial charge < -0.3 is 4.90 Å². The number of sulfone groups is 1. The molecule has 0 spiro atoms. The molecule has 1 fully saturated rings. The number of benzene rings is 1. The van der Waals surface area contributed by atoms with E-state index in [0.717, 1.165) is 12.0 Å². The number of carbonyl (C=O) groups is 1. The largest absolute Gasteiger partial charge is 0.342 e. The Morgan fingerprint density at radius 3 is 2.64 bits per heavy atom. The van der Waals surface area contributed by atoms with Crippen molar-refractivity contribution in [1.82, 2.24) is 4.90 Å². The van der Waals surface area contributed by atoms with Crippen LogP contribution in [0.15, 0.2) is 24.3 Å². The van der Waals surface area contributed by atoms with Gasteiger partial charge >= 0.3 is 0 Å². The van der Waals surface area contributed by atoms with Crippen molar-refractivity contribution in [2.75, 3.05) is 18.6 Å². The van der Waals surface area contributed by atoms with Crippen LogP contribution in [-0.2, 0) is 14.6 Å². The van der Waals surface area contributed by atoms with E-state index in [-0.39, 0.29) is 35.3 Å². The SMILES string of the molecule is CCS(=O)(=O)C[C@@H](C)N(C)C(=O)[C@@H]1C[C@@H]1c1ccccc1Cl. The van der Waals surface area contributed by atoms with Crippen LogP contribution in [0.5, 0.6) is 0 Å². The molecule has 0 saturated heterocycles. The maximum absolute atomic E-state index is 12.5. The molecule has 4 nitrogen and oxygen atoms in total. The second-order valence-corrected chi connectivity index (χ2v) is 8.77. The van der Waals surface area contributed by atoms with E-state index in [9.17, 15) is 13.2 Å². The number of nitrogens with zero attached hydrogens (tertiary/aromatic N) is 1. The number of hydrogen-bond acceptors (Lipinski definition) is 3. The Morgan fingerprint density at radius 1 is 1.41 bits per heavy atom. The first-order valence-corrected chi connectivity index (χ1v) is 9.68. The van der Waals surface area contributed by atoms with Crippen molar-refractivity contribution in [1.29, 1.82) is 0 Å². The number of carbonyl (C=O) groups excluding carboxylic acids is 1. The molecule has 0 aliphatic heterocycles. The van der Waals surface area contributed by atoms with E-state index < -0.39 is 9.84 Å². The van der Waals surface area contributed by atoms with Crippen LogP contribution in [0.25, 0.3) is 0 Å². The van der Waals surface area contributed by atoms with Crippen LogP contribution in [0.4, 0.5) is 0 Å². The van der Waals surface area contributed by atoms with Gasteiger partial charge in [0, 0.05) is 29.8 Å². The first-order valence-electron chi connectivity index (χ1n) is 7.48. The lowest BCUT2D eigenvalue weighted by molar-refractivity contribution is -0.132. The molecule has 0 bridgehead atoms. The second-order valence-electron chi connectivity index (χ2n) is 5.97. The summed E-state index contributed by atoms with van der Waals surface area (Å²) in [6, 6.07) is 7.25. The minimum atomic E-state index is -3.09. The molecule has 0 radical (unpaired) electrons. The third kappa shape index (κ3) is 3.82. The van der Waals surface area contributed by atoms with E-state index >= 15 is 0 Å². The van der Waals surface area contributed by atoms with Crippen LogP contribution < -0.4 is 0 Å². The molecule has 1 aromatic rings. The van der Waals surface area contributed by atoms with Crippen molar-refractivity contribution in [2.24, 2.45) is 5.92 Å². The van der Waals surface area contributed by atoms with Gasteiger partial charge in [-0.3, -0.25) is 4.79 Å². The molecule has 0 aromatic heterocycles. The van der Waals surface area contributed by atoms with Gasteiger partial charge in [-0.05, 0) is 30.9 Å². The lowest BCUT2D eigenvalue weighted by Gasteiger charge is -2.25. The van der Waals surface area contributed by atoms with Crippen LogP contribution in [0, 0.1) is 5.92 Å². The molecule has 22 heavy (non-hydrogen) atoms. The van der Waals surface area contributed by atoms with Gasteiger partial charge in [-0.1, -0.05) is 36.7 Å². The van der Waals surface area contributed by atoms with E-state index in [1.54, 1.807) is 25.8 Å². The monoisotopic (exact) mass is 343 g/mol. The minimum absolute atomic E-state index is 0.00345. The average molecular weight is 344 g/mol. The van der Waals surface area contributed by atoms with Gasteiger partial charge in [-0.25, -0.2) is 8.42 Å². The minimum Gasteiger partial charge on any atom is -0.342 e. The van der Waals surface area contributed by atoms with E-state index in [0.29, 0.717) is 5.02 Å². The van der Waals surface area contributed by atoms with Gasteiger partial charge in [0.1, 0.15) is 0 Å². The Balaban J connectivity index is 2.00. The van der Waals surface area contributed by atoms with Gasteiger partial charge in [0.15, 0.2) is 9.84 Å². The summed E-state index contributed by atoms with van der Waals surface area (Å²) in [5, 5.41) is 0.687. The molecule has 1 aliphatic carbocycles. The number of rotatable bonds is 6. The summed E-state index contributed by atoms with van der Waals surface area (Å²) in [5.74, 6) is 0.180. The number of halogens is 1. The highest BCUT2D eigenvalue weighted by Crippen LogP contribution is 2.50. The van der Waals surface area contributed by atoms with Crippen LogP contribution in [-0.4, -0.2) is 43.8 Å². The van der Waals surface area contributed by atoms with Crippen molar-refractivity contribution >= 4 is 27.3 Å². The van der Waals surface area contributed by atoms with Crippen molar-refractivity contribution in [3.8, 4) is 0 Å². The van der Waals surface area contributed by atoms with Crippen LogP contribution >= 0.6 is 11.6 Å². The predicted octanol–water partition coefficient (Wildman–Crippen LogP) is 2.73. The van der Waals surface area contributed by atoms with Crippen LogP contribution in [0.3, 0.4) is 0 Å². The molecule has 3 atom stereocenters. The molecule has 6 heteroatoms. The van der Waals surface area contributed by atoms with Gasteiger partial charge in [0.25, 0.3) is 0 Å². The Bertz CT molecular complexity index is 659. The zero-order chi connectivity index (χ0) is 16.5. The van der Waals surface area contributed by atoms with Gasteiger partial charge in [0.2, 0.25) is 5.91 Å². The van der Waals surface area contributed by atoms with Gasteiger partial charge in [-0.15, -0.1) is 0 Å². The Kier molecular flexibility index (Phi) is 5.17. The molecule has 2 rings (SSSR count). The molecular formula is C16H22ClNO3S. The van der Waals surface area contributed by atoms with Crippen LogP contribution in [0.1, 0.15) is 31.7 Å². The molecule has 0 unspecified atom stereocenters. The van der Waals surface area contributed by atoms with Crippen LogP contribution in [0.2, 0.25) is 5.02 Å². The van der Waals surface area contributed by atoms with Crippen molar-refractivity contribution in [3.05, 3.63) is 34.9 Å². The standard InChI is InChI=1S/C16H22ClNO3S/c1-4-22(20,21)10-11(2)18(3)16(19)14-9-13(14)12-7-5-6-8-15(12)17/h5-8,11,13-14H,4,9-10H2,1-3H3/t11-,13-,14-/m1/s1. The Hall–Kier alpha value is -1.07. The van der Waals surface area contributed by atoms with Gasteiger partial charge in [-0.2, -0.15) is 0 Å². The zero-order valence-electron chi connectivity index (χ0n) is 13.1. The summed E-state index contributed by atoms with van der Waals surface area (Å²) in [6.45, 7) is 3.40. The molecule has 122 valence electrons. The summed E-state index contributed by atoms with van der Waals surface area (Å²) < 4.78 is 23.4.